The Hall–Kier alpha value is -2.10. The molecule has 0 spiro atoms. The van der Waals surface area contributed by atoms with E-state index in [0.717, 1.165) is 12.1 Å². The number of hydrogen-bond donors (Lipinski definition) is 1. The van der Waals surface area contributed by atoms with Crippen molar-refractivity contribution in [1.82, 2.24) is 0 Å². The Balaban J connectivity index is 1.87. The molecule has 4 rings (SSSR count). The summed E-state index contributed by atoms with van der Waals surface area (Å²) in [5.74, 6) is 0. The molecule has 1 nitrogen and oxygen atoms in total. The molecule has 0 aliphatic rings. The van der Waals surface area contributed by atoms with Crippen LogP contribution in [-0.4, -0.2) is 0 Å². The number of rotatable bonds is 3. The van der Waals surface area contributed by atoms with Crippen molar-refractivity contribution in [2.45, 2.75) is 13.3 Å². The topological polar surface area (TPSA) is 26.0 Å². The van der Waals surface area contributed by atoms with Crippen LogP contribution in [0.25, 0.3) is 31.7 Å². The monoisotopic (exact) mass is 335 g/mol. The zero-order chi connectivity index (χ0) is 15.8. The van der Waals surface area contributed by atoms with Crippen LogP contribution in [0.4, 0.5) is 5.69 Å². The number of nitrogen functional groups attached to an aromatic ring is 1. The maximum absolute atomic E-state index is 5.94. The van der Waals surface area contributed by atoms with E-state index in [-0.39, 0.29) is 0 Å². The predicted molar refractivity (Wildman–Crippen MR) is 104 cm³/mol. The highest BCUT2D eigenvalue weighted by Gasteiger charge is 2.14. The summed E-state index contributed by atoms with van der Waals surface area (Å²) in [5.41, 5.74) is 10.9. The van der Waals surface area contributed by atoms with Gasteiger partial charge in [-0.05, 0) is 58.0 Å². The Kier molecular flexibility index (Phi) is 3.68. The number of benzene rings is 2. The fourth-order valence-corrected chi connectivity index (χ4v) is 5.03. The molecule has 2 N–H and O–H groups in total. The van der Waals surface area contributed by atoms with Crippen molar-refractivity contribution in [3.63, 3.8) is 0 Å². The van der Waals surface area contributed by atoms with Crippen molar-refractivity contribution in [2.75, 3.05) is 5.73 Å². The van der Waals surface area contributed by atoms with Crippen LogP contribution in [0.3, 0.4) is 0 Å². The average molecular weight is 335 g/mol. The first-order valence-corrected chi connectivity index (χ1v) is 9.46. The minimum Gasteiger partial charge on any atom is -0.399 e. The molecule has 2 aromatic carbocycles. The first-order valence-electron chi connectivity index (χ1n) is 7.70. The quantitative estimate of drug-likeness (QED) is 0.428. The Morgan fingerprint density at radius 1 is 0.957 bits per heavy atom. The highest BCUT2D eigenvalue weighted by molar-refractivity contribution is 7.16. The van der Waals surface area contributed by atoms with Gasteiger partial charge in [-0.3, -0.25) is 0 Å². The number of nitrogens with two attached hydrogens (primary N) is 1. The summed E-state index contributed by atoms with van der Waals surface area (Å²) < 4.78 is 0. The van der Waals surface area contributed by atoms with E-state index in [0.29, 0.717) is 0 Å². The van der Waals surface area contributed by atoms with Crippen molar-refractivity contribution in [3.8, 4) is 20.9 Å². The van der Waals surface area contributed by atoms with Crippen molar-refractivity contribution in [1.29, 1.82) is 0 Å². The zero-order valence-electron chi connectivity index (χ0n) is 12.9. The molecule has 0 aliphatic carbocycles. The summed E-state index contributed by atoms with van der Waals surface area (Å²) in [6, 6.07) is 17.1. The molecule has 0 atom stereocenters. The van der Waals surface area contributed by atoms with Crippen molar-refractivity contribution < 1.29 is 0 Å². The van der Waals surface area contributed by atoms with Gasteiger partial charge < -0.3 is 5.73 Å². The maximum Gasteiger partial charge on any atom is 0.0381 e. The molecule has 114 valence electrons. The Bertz CT molecular complexity index is 965. The second kappa shape index (κ2) is 5.84. The first-order chi connectivity index (χ1) is 11.3. The third-order valence-electron chi connectivity index (χ3n) is 4.16. The molecule has 2 heterocycles. The molecule has 0 fully saturated rings. The van der Waals surface area contributed by atoms with E-state index in [9.17, 15) is 0 Å². The average Bonchev–Trinajstić information content (AvgIpc) is 3.22. The molecule has 3 heteroatoms. The molecule has 0 aliphatic heterocycles. The van der Waals surface area contributed by atoms with Crippen LogP contribution in [0, 0.1) is 0 Å². The number of hydrogen-bond acceptors (Lipinski definition) is 3. The maximum atomic E-state index is 5.94. The normalized spacial score (nSPS) is 11.2. The van der Waals surface area contributed by atoms with Gasteiger partial charge in [0.2, 0.25) is 0 Å². The van der Waals surface area contributed by atoms with Crippen LogP contribution in [0.5, 0.6) is 0 Å². The summed E-state index contributed by atoms with van der Waals surface area (Å²) in [6.45, 7) is 2.24. The van der Waals surface area contributed by atoms with E-state index in [2.05, 4.69) is 60.1 Å². The van der Waals surface area contributed by atoms with E-state index >= 15 is 0 Å². The largest absolute Gasteiger partial charge is 0.399 e. The molecule has 0 saturated heterocycles. The van der Waals surface area contributed by atoms with Crippen molar-refractivity contribution in [3.05, 3.63) is 64.9 Å². The van der Waals surface area contributed by atoms with Crippen molar-refractivity contribution in [2.24, 2.45) is 0 Å². The summed E-state index contributed by atoms with van der Waals surface area (Å²) in [5, 5.41) is 6.88. The van der Waals surface area contributed by atoms with E-state index in [1.165, 1.54) is 37.2 Å². The molecule has 4 aromatic rings. The van der Waals surface area contributed by atoms with Gasteiger partial charge in [-0.15, -0.1) is 22.7 Å². The minimum absolute atomic E-state index is 0.816. The van der Waals surface area contributed by atoms with E-state index in [1.807, 2.05) is 28.7 Å². The SMILES string of the molecule is CCc1c(-c2cccs2)csc1-c1ccc2ccc(N)cc2c1. The van der Waals surface area contributed by atoms with Crippen LogP contribution in [-0.2, 0) is 6.42 Å². The van der Waals surface area contributed by atoms with E-state index < -0.39 is 0 Å². The van der Waals surface area contributed by atoms with E-state index in [4.69, 9.17) is 5.73 Å². The number of thiophene rings is 2. The summed E-state index contributed by atoms with van der Waals surface area (Å²) in [7, 11) is 0. The fraction of sp³-hybridized carbons (Fsp3) is 0.100. The molecule has 0 unspecified atom stereocenters. The lowest BCUT2D eigenvalue weighted by Crippen LogP contribution is -1.86. The van der Waals surface area contributed by atoms with Gasteiger partial charge in [-0.1, -0.05) is 31.2 Å². The molecule has 0 bridgehead atoms. The van der Waals surface area contributed by atoms with Crippen molar-refractivity contribution >= 4 is 39.1 Å². The van der Waals surface area contributed by atoms with Gasteiger partial charge >= 0.3 is 0 Å². The van der Waals surface area contributed by atoms with Gasteiger partial charge in [-0.2, -0.15) is 0 Å². The fourth-order valence-electron chi connectivity index (χ4n) is 3.02. The molecule has 2 aromatic heterocycles. The molecule has 0 amide bonds. The second-order valence-corrected chi connectivity index (χ2v) is 7.44. The van der Waals surface area contributed by atoms with Gasteiger partial charge in [0, 0.05) is 26.4 Å². The van der Waals surface area contributed by atoms with Crippen LogP contribution in [0.15, 0.2) is 59.3 Å². The lowest BCUT2D eigenvalue weighted by molar-refractivity contribution is 1.16. The summed E-state index contributed by atoms with van der Waals surface area (Å²) >= 11 is 3.65. The smallest absolute Gasteiger partial charge is 0.0381 e. The second-order valence-electron chi connectivity index (χ2n) is 5.61. The Morgan fingerprint density at radius 2 is 1.83 bits per heavy atom. The van der Waals surface area contributed by atoms with Gasteiger partial charge in [0.25, 0.3) is 0 Å². The lowest BCUT2D eigenvalue weighted by atomic mass is 10.00. The highest BCUT2D eigenvalue weighted by atomic mass is 32.1. The zero-order valence-corrected chi connectivity index (χ0v) is 14.5. The first kappa shape index (κ1) is 14.5. The molecule has 23 heavy (non-hydrogen) atoms. The van der Waals surface area contributed by atoms with Crippen LogP contribution >= 0.6 is 22.7 Å². The van der Waals surface area contributed by atoms with Crippen LogP contribution in [0.1, 0.15) is 12.5 Å². The minimum atomic E-state index is 0.816. The Morgan fingerprint density at radius 3 is 2.61 bits per heavy atom. The standard InChI is InChI=1S/C20H17NS2/c1-2-17-18(19-4-3-9-22-19)12-23-20(17)14-6-5-13-7-8-16(21)11-15(13)10-14/h3-12H,2,21H2,1H3. The van der Waals surface area contributed by atoms with Gasteiger partial charge in [-0.25, -0.2) is 0 Å². The lowest BCUT2D eigenvalue weighted by Gasteiger charge is -2.07. The van der Waals surface area contributed by atoms with Gasteiger partial charge in [0.1, 0.15) is 0 Å². The molecule has 0 saturated carbocycles. The summed E-state index contributed by atoms with van der Waals surface area (Å²) in [4.78, 5) is 2.73. The molecular formula is C20H17NS2. The third-order valence-corrected chi connectivity index (χ3v) is 6.14. The number of fused-ring (bicyclic) bond motifs is 1. The highest BCUT2D eigenvalue weighted by Crippen LogP contribution is 2.40. The predicted octanol–water partition coefficient (Wildman–Crippen LogP) is 6.44. The molecule has 0 radical (unpaired) electrons. The van der Waals surface area contributed by atoms with Gasteiger partial charge in [0.05, 0.1) is 0 Å². The summed E-state index contributed by atoms with van der Waals surface area (Å²) in [6.07, 6.45) is 1.04. The number of anilines is 1. The van der Waals surface area contributed by atoms with E-state index in [1.54, 1.807) is 0 Å². The third kappa shape index (κ3) is 2.56. The Labute approximate surface area is 144 Å². The van der Waals surface area contributed by atoms with Gasteiger partial charge in [0.15, 0.2) is 0 Å². The van der Waals surface area contributed by atoms with Crippen LogP contribution < -0.4 is 5.73 Å². The van der Waals surface area contributed by atoms with Crippen LogP contribution in [0.2, 0.25) is 0 Å². The molecular weight excluding hydrogens is 318 g/mol.